The highest BCUT2D eigenvalue weighted by Gasteiger charge is 2.11. The van der Waals surface area contributed by atoms with Crippen LogP contribution < -0.4 is 29.2 Å². The molecule has 0 radical (unpaired) electrons. The zero-order chi connectivity index (χ0) is 21.9. The molecule has 2 N–H and O–H groups in total. The van der Waals surface area contributed by atoms with Gasteiger partial charge in [0.2, 0.25) is 0 Å². The number of hydrogen-bond donors (Lipinski definition) is 2. The number of carbonyl (C=O) groups excluding carboxylic acids is 1. The third-order valence-corrected chi connectivity index (χ3v) is 4.93. The molecule has 164 valence electrons. The van der Waals surface area contributed by atoms with Gasteiger partial charge in [-0.15, -0.1) is 0 Å². The van der Waals surface area contributed by atoms with E-state index in [1.54, 1.807) is 28.4 Å². The lowest BCUT2D eigenvalue weighted by Crippen LogP contribution is -3.10. The molecule has 0 saturated carbocycles. The number of quaternary nitrogens is 1. The van der Waals surface area contributed by atoms with Gasteiger partial charge in [-0.1, -0.05) is 12.1 Å². The maximum atomic E-state index is 12.2. The Morgan fingerprint density at radius 3 is 1.80 bits per heavy atom. The summed E-state index contributed by atoms with van der Waals surface area (Å²) in [5.74, 6) is 2.88. The van der Waals surface area contributed by atoms with Crippen molar-refractivity contribution in [1.29, 1.82) is 0 Å². The van der Waals surface area contributed by atoms with Crippen molar-refractivity contribution in [1.82, 2.24) is 5.32 Å². The van der Waals surface area contributed by atoms with Crippen LogP contribution in [0.1, 0.15) is 11.1 Å². The van der Waals surface area contributed by atoms with Crippen molar-refractivity contribution in [3.63, 3.8) is 0 Å². The highest BCUT2D eigenvalue weighted by molar-refractivity contribution is 5.76. The summed E-state index contributed by atoms with van der Waals surface area (Å²) < 4.78 is 21.2. The first kappa shape index (κ1) is 23.3. The molecule has 0 aliphatic rings. The third kappa shape index (κ3) is 6.84. The molecule has 0 aliphatic heterocycles. The Morgan fingerprint density at radius 1 is 0.800 bits per heavy atom. The first-order valence-corrected chi connectivity index (χ1v) is 10.0. The number of ether oxygens (including phenoxy) is 4. The highest BCUT2D eigenvalue weighted by atomic mass is 16.5. The molecule has 0 spiro atoms. The fraction of sp³-hybridized carbons (Fsp3) is 0.435. The summed E-state index contributed by atoms with van der Waals surface area (Å²) in [4.78, 5) is 13.4. The zero-order valence-corrected chi connectivity index (χ0v) is 18.5. The minimum atomic E-state index is 0.0419. The second kappa shape index (κ2) is 11.9. The Bertz CT molecular complexity index is 825. The summed E-state index contributed by atoms with van der Waals surface area (Å²) in [5.41, 5.74) is 2.24. The van der Waals surface area contributed by atoms with Gasteiger partial charge in [-0.3, -0.25) is 4.79 Å². The normalized spacial score (nSPS) is 11.5. The third-order valence-electron chi connectivity index (χ3n) is 4.93. The molecule has 2 rings (SSSR count). The van der Waals surface area contributed by atoms with Crippen LogP contribution in [-0.2, 0) is 17.6 Å². The summed E-state index contributed by atoms with van der Waals surface area (Å²) in [7, 11) is 8.50. The van der Waals surface area contributed by atoms with Crippen LogP contribution in [0.15, 0.2) is 36.4 Å². The molecule has 1 atom stereocenters. The molecule has 0 bridgehead atoms. The van der Waals surface area contributed by atoms with Gasteiger partial charge in [-0.25, -0.2) is 0 Å². The first-order chi connectivity index (χ1) is 14.5. The van der Waals surface area contributed by atoms with E-state index in [4.69, 9.17) is 18.9 Å². The van der Waals surface area contributed by atoms with E-state index in [1.807, 2.05) is 43.4 Å². The van der Waals surface area contributed by atoms with E-state index in [9.17, 15) is 4.79 Å². The van der Waals surface area contributed by atoms with Gasteiger partial charge in [0, 0.05) is 13.0 Å². The molecular formula is C23H33N2O5+. The molecule has 0 aromatic heterocycles. The Hall–Kier alpha value is -2.93. The molecule has 0 heterocycles. The van der Waals surface area contributed by atoms with Crippen molar-refractivity contribution in [2.75, 3.05) is 55.1 Å². The van der Waals surface area contributed by atoms with Gasteiger partial charge in [-0.05, 0) is 41.8 Å². The topological polar surface area (TPSA) is 70.5 Å². The van der Waals surface area contributed by atoms with Crippen molar-refractivity contribution in [2.24, 2.45) is 0 Å². The first-order valence-electron chi connectivity index (χ1n) is 10.0. The number of carbonyl (C=O) groups is 1. The van der Waals surface area contributed by atoms with Crippen LogP contribution in [0.2, 0.25) is 0 Å². The average molecular weight is 418 g/mol. The van der Waals surface area contributed by atoms with E-state index in [-0.39, 0.29) is 5.91 Å². The number of likely N-dealkylation sites (N-methyl/N-ethyl adjacent to an activating group) is 1. The SMILES string of the molecule is COc1ccc(CCNC(=O)C[NH+](C)CCc2ccc(OC)c(OC)c2)cc1OC. The van der Waals surface area contributed by atoms with Crippen molar-refractivity contribution in [3.05, 3.63) is 47.5 Å². The summed E-state index contributed by atoms with van der Waals surface area (Å²) in [6.07, 6.45) is 1.59. The van der Waals surface area contributed by atoms with Crippen LogP contribution in [0.4, 0.5) is 0 Å². The minimum Gasteiger partial charge on any atom is -0.493 e. The average Bonchev–Trinajstić information content (AvgIpc) is 2.77. The van der Waals surface area contributed by atoms with Gasteiger partial charge in [0.1, 0.15) is 0 Å². The smallest absolute Gasteiger partial charge is 0.275 e. The number of benzene rings is 2. The molecule has 2 aromatic carbocycles. The largest absolute Gasteiger partial charge is 0.493 e. The lowest BCUT2D eigenvalue weighted by atomic mass is 10.1. The van der Waals surface area contributed by atoms with Gasteiger partial charge in [0.15, 0.2) is 29.5 Å². The maximum Gasteiger partial charge on any atom is 0.275 e. The Labute approximate surface area is 178 Å². The predicted molar refractivity (Wildman–Crippen MR) is 116 cm³/mol. The standard InChI is InChI=1S/C23H32N2O5/c1-25(13-11-18-7-9-20(28-3)22(15-18)30-5)16-23(26)24-12-10-17-6-8-19(27-2)21(14-17)29-4/h6-9,14-15H,10-13,16H2,1-5H3,(H,24,26)/p+1. The fourth-order valence-corrected chi connectivity index (χ4v) is 3.20. The number of amides is 1. The van der Waals surface area contributed by atoms with Crippen molar-refractivity contribution < 1.29 is 28.6 Å². The van der Waals surface area contributed by atoms with E-state index in [0.717, 1.165) is 46.9 Å². The van der Waals surface area contributed by atoms with Crippen molar-refractivity contribution in [2.45, 2.75) is 12.8 Å². The molecule has 0 fully saturated rings. The highest BCUT2D eigenvalue weighted by Crippen LogP contribution is 2.28. The molecule has 1 unspecified atom stereocenters. The van der Waals surface area contributed by atoms with Gasteiger partial charge >= 0.3 is 0 Å². The lowest BCUT2D eigenvalue weighted by Gasteiger charge is -2.15. The summed E-state index contributed by atoms with van der Waals surface area (Å²) >= 11 is 0. The molecule has 1 amide bonds. The summed E-state index contributed by atoms with van der Waals surface area (Å²) in [6, 6.07) is 11.7. The van der Waals surface area contributed by atoms with Crippen LogP contribution in [0.3, 0.4) is 0 Å². The van der Waals surface area contributed by atoms with Crippen LogP contribution in [0.25, 0.3) is 0 Å². The Morgan fingerprint density at radius 2 is 1.30 bits per heavy atom. The summed E-state index contributed by atoms with van der Waals surface area (Å²) in [6.45, 7) is 1.86. The van der Waals surface area contributed by atoms with E-state index in [0.29, 0.717) is 24.6 Å². The second-order valence-electron chi connectivity index (χ2n) is 7.11. The molecule has 7 nitrogen and oxygen atoms in total. The summed E-state index contributed by atoms with van der Waals surface area (Å²) in [5, 5.41) is 2.99. The Kier molecular flexibility index (Phi) is 9.28. The number of hydrogen-bond acceptors (Lipinski definition) is 5. The van der Waals surface area contributed by atoms with Crippen molar-refractivity contribution in [3.8, 4) is 23.0 Å². The molecule has 30 heavy (non-hydrogen) atoms. The molecule has 2 aromatic rings. The van der Waals surface area contributed by atoms with Gasteiger partial charge in [-0.2, -0.15) is 0 Å². The lowest BCUT2D eigenvalue weighted by molar-refractivity contribution is -0.871. The molecule has 7 heteroatoms. The van der Waals surface area contributed by atoms with Crippen molar-refractivity contribution >= 4 is 5.91 Å². The minimum absolute atomic E-state index is 0.0419. The van der Waals surface area contributed by atoms with Crippen LogP contribution in [0.5, 0.6) is 23.0 Å². The van der Waals surface area contributed by atoms with Crippen LogP contribution in [-0.4, -0.2) is 61.0 Å². The van der Waals surface area contributed by atoms with E-state index in [2.05, 4.69) is 5.32 Å². The second-order valence-corrected chi connectivity index (χ2v) is 7.11. The predicted octanol–water partition coefficient (Wildman–Crippen LogP) is 1.14. The van der Waals surface area contributed by atoms with Gasteiger partial charge in [0.05, 0.1) is 42.0 Å². The molecule has 0 saturated heterocycles. The quantitative estimate of drug-likeness (QED) is 0.542. The van der Waals surface area contributed by atoms with Crippen LogP contribution >= 0.6 is 0 Å². The van der Waals surface area contributed by atoms with Gasteiger partial charge in [0.25, 0.3) is 5.91 Å². The van der Waals surface area contributed by atoms with E-state index < -0.39 is 0 Å². The molecule has 0 aliphatic carbocycles. The zero-order valence-electron chi connectivity index (χ0n) is 18.5. The fourth-order valence-electron chi connectivity index (χ4n) is 3.20. The number of methoxy groups -OCH3 is 4. The Balaban J connectivity index is 1.74. The maximum absolute atomic E-state index is 12.2. The van der Waals surface area contributed by atoms with E-state index >= 15 is 0 Å². The number of nitrogens with one attached hydrogen (secondary N) is 2. The monoisotopic (exact) mass is 417 g/mol. The van der Waals surface area contributed by atoms with Crippen LogP contribution in [0, 0.1) is 0 Å². The molecular weight excluding hydrogens is 384 g/mol. The number of rotatable bonds is 12. The van der Waals surface area contributed by atoms with E-state index in [1.165, 1.54) is 0 Å². The van der Waals surface area contributed by atoms with Gasteiger partial charge < -0.3 is 29.2 Å².